The Bertz CT molecular complexity index is 1880. The molecule has 0 amide bonds. The lowest BCUT2D eigenvalue weighted by Crippen LogP contribution is -2.68. The Morgan fingerprint density at radius 2 is 1.01 bits per heavy atom. The highest BCUT2D eigenvalue weighted by atomic mass is 16.8. The van der Waals surface area contributed by atoms with Crippen molar-refractivity contribution in [1.29, 1.82) is 0 Å². The summed E-state index contributed by atoms with van der Waals surface area (Å²) >= 11 is 0. The van der Waals surface area contributed by atoms with Crippen molar-refractivity contribution < 1.29 is 114 Å². The number of hydrogen-bond donors (Lipinski definition) is 13. The van der Waals surface area contributed by atoms with Gasteiger partial charge in [0, 0.05) is 12.3 Å². The van der Waals surface area contributed by atoms with Gasteiger partial charge in [0.2, 0.25) is 0 Å². The SMILES string of the molecule is C[C@H]1CC[C@@]2(OC1)O[C@H]1C[C@H]3[C@@H]4CC[C@H]5C[C@@H](O[C@@H]6O[C@H](CO)[C@H](O[C@@H]7O[C@H](CO)[C@@H](O)[C@H](O[C@@H]8O[C@H](CO)[C@@H](O)[C@H](O)[C@H]8O)[C@H]7O[C@@H]7O[C@H](CO)[C@H](O)[C@H](O)[C@H]7O)[C@H](O)[C@H]6O)CC[C@]5(C)[C@H]4CC[C@]3(C)[C@H]1[C@@H]2C. The summed E-state index contributed by atoms with van der Waals surface area (Å²) in [5, 5.41) is 140. The van der Waals surface area contributed by atoms with E-state index in [1.54, 1.807) is 0 Å². The van der Waals surface area contributed by atoms with E-state index in [9.17, 15) is 66.4 Å². The van der Waals surface area contributed by atoms with Gasteiger partial charge in [0.25, 0.3) is 0 Å². The van der Waals surface area contributed by atoms with Crippen LogP contribution in [0.25, 0.3) is 0 Å². The zero-order valence-electron chi connectivity index (χ0n) is 42.7. The second-order valence-electron chi connectivity index (χ2n) is 24.3. The van der Waals surface area contributed by atoms with E-state index in [4.69, 9.17) is 47.4 Å². The van der Waals surface area contributed by atoms with Crippen molar-refractivity contribution in [1.82, 2.24) is 0 Å². The molecule has 4 aliphatic carbocycles. The summed E-state index contributed by atoms with van der Waals surface area (Å²) in [7, 11) is 0. The molecule has 0 bridgehead atoms. The molecule has 0 aromatic rings. The van der Waals surface area contributed by atoms with Gasteiger partial charge < -0.3 is 114 Å². The number of fused-ring (bicyclic) bond motifs is 7. The third-order valence-electron chi connectivity index (χ3n) is 20.4. The van der Waals surface area contributed by atoms with Crippen molar-refractivity contribution >= 4 is 0 Å². The fourth-order valence-electron chi connectivity index (χ4n) is 16.2. The monoisotopic (exact) mass is 1060 g/mol. The highest BCUT2D eigenvalue weighted by Gasteiger charge is 2.69. The Morgan fingerprint density at radius 1 is 0.473 bits per heavy atom. The molecule has 0 radical (unpaired) electrons. The quantitative estimate of drug-likeness (QED) is 0.0872. The fraction of sp³-hybridized carbons (Fsp3) is 1.00. The van der Waals surface area contributed by atoms with Gasteiger partial charge in [-0.1, -0.05) is 27.7 Å². The second-order valence-corrected chi connectivity index (χ2v) is 24.3. The van der Waals surface area contributed by atoms with Gasteiger partial charge in [-0.15, -0.1) is 0 Å². The molecule has 32 atom stereocenters. The van der Waals surface area contributed by atoms with Crippen molar-refractivity contribution in [2.75, 3.05) is 33.0 Å². The van der Waals surface area contributed by atoms with Crippen molar-refractivity contribution in [3.63, 3.8) is 0 Å². The van der Waals surface area contributed by atoms with E-state index < -0.39 is 155 Å². The zero-order chi connectivity index (χ0) is 52.9. The smallest absolute Gasteiger partial charge is 0.187 e. The van der Waals surface area contributed by atoms with Crippen LogP contribution < -0.4 is 0 Å². The predicted octanol–water partition coefficient (Wildman–Crippen LogP) is -2.91. The second kappa shape index (κ2) is 21.9. The Kier molecular flexibility index (Phi) is 16.6. The van der Waals surface area contributed by atoms with Crippen LogP contribution in [0.5, 0.6) is 0 Å². The molecule has 10 fully saturated rings. The van der Waals surface area contributed by atoms with Crippen molar-refractivity contribution in [3.8, 4) is 0 Å². The predicted molar refractivity (Wildman–Crippen MR) is 248 cm³/mol. The maximum absolute atomic E-state index is 11.8. The number of aliphatic hydroxyl groups is 13. The van der Waals surface area contributed by atoms with Crippen molar-refractivity contribution in [2.45, 2.75) is 233 Å². The van der Waals surface area contributed by atoms with Gasteiger partial charge in [-0.2, -0.15) is 0 Å². The number of aliphatic hydroxyl groups excluding tert-OH is 13. The van der Waals surface area contributed by atoms with Gasteiger partial charge in [0.15, 0.2) is 30.9 Å². The molecule has 74 heavy (non-hydrogen) atoms. The lowest BCUT2D eigenvalue weighted by Gasteiger charge is -2.61. The van der Waals surface area contributed by atoms with E-state index in [1.165, 1.54) is 0 Å². The summed E-state index contributed by atoms with van der Waals surface area (Å²) in [5.74, 6) is 2.99. The van der Waals surface area contributed by atoms with E-state index >= 15 is 0 Å². The minimum Gasteiger partial charge on any atom is -0.394 e. The first-order chi connectivity index (χ1) is 35.2. The maximum atomic E-state index is 11.8. The molecule has 0 aromatic carbocycles. The first-order valence-electron chi connectivity index (χ1n) is 27.3. The van der Waals surface area contributed by atoms with Crippen LogP contribution in [-0.2, 0) is 47.4 Å². The molecule has 23 heteroatoms. The van der Waals surface area contributed by atoms with Gasteiger partial charge in [0.05, 0.1) is 45.2 Å². The molecule has 6 heterocycles. The summed E-state index contributed by atoms with van der Waals surface area (Å²) in [6, 6.07) is 0. The van der Waals surface area contributed by atoms with Crippen LogP contribution in [0, 0.1) is 52.3 Å². The van der Waals surface area contributed by atoms with Crippen molar-refractivity contribution in [2.24, 2.45) is 52.3 Å². The molecular formula is C51H84O23. The molecule has 13 N–H and O–H groups in total. The normalized spacial score (nSPS) is 57.6. The Labute approximate surface area is 430 Å². The Balaban J connectivity index is 0.820. The van der Waals surface area contributed by atoms with Crippen LogP contribution in [0.3, 0.4) is 0 Å². The standard InChI is InChI=1S/C51H84O23/c1-20-7-12-51(65-19-20)21(2)32-27(74-51)14-26-24-6-5-22-13-23(8-10-49(22,3)25(24)9-11-50(26,32)4)66-45-41(64)38(61)42(31(18-55)70-45)71-48-44(73-47-40(63)37(60)34(57)29(16-53)68-47)43(35(58)30(17-54)69-48)72-46-39(62)36(59)33(56)28(15-52)67-46/h20-48,52-64H,5-19H2,1-4H3/t20-,21-,22-,23-,24+,25-,26-,27-,28+,29+,30+,31+,32-,33+,34-,35+,36-,37-,38+,39+,40+,41+,42-,43-,44+,45+,46-,47-,48-,49-,50-,51+/m0/s1. The van der Waals surface area contributed by atoms with Gasteiger partial charge in [-0.05, 0) is 104 Å². The summed E-state index contributed by atoms with van der Waals surface area (Å²) in [4.78, 5) is 0. The highest BCUT2D eigenvalue weighted by molar-refractivity contribution is 5.15. The van der Waals surface area contributed by atoms with E-state index in [0.717, 1.165) is 58.0 Å². The van der Waals surface area contributed by atoms with Crippen LogP contribution in [-0.4, -0.2) is 240 Å². The van der Waals surface area contributed by atoms with Crippen LogP contribution in [0.2, 0.25) is 0 Å². The van der Waals surface area contributed by atoms with Gasteiger partial charge in [-0.25, -0.2) is 0 Å². The molecule has 6 aliphatic heterocycles. The Morgan fingerprint density at radius 3 is 1.62 bits per heavy atom. The van der Waals surface area contributed by atoms with E-state index in [1.807, 2.05) is 0 Å². The van der Waals surface area contributed by atoms with Gasteiger partial charge >= 0.3 is 0 Å². The average molecular weight is 1070 g/mol. The average Bonchev–Trinajstić information content (AvgIpc) is 3.84. The minimum absolute atomic E-state index is 0.0782. The Hall–Kier alpha value is -0.920. The van der Waals surface area contributed by atoms with Crippen LogP contribution in [0.15, 0.2) is 0 Å². The molecule has 426 valence electrons. The maximum Gasteiger partial charge on any atom is 0.187 e. The molecule has 23 nitrogen and oxygen atoms in total. The highest BCUT2D eigenvalue weighted by Crippen LogP contribution is 2.71. The first-order valence-corrected chi connectivity index (χ1v) is 27.3. The van der Waals surface area contributed by atoms with Crippen LogP contribution >= 0.6 is 0 Å². The fourth-order valence-corrected chi connectivity index (χ4v) is 16.2. The van der Waals surface area contributed by atoms with E-state index in [0.29, 0.717) is 54.3 Å². The number of rotatable bonds is 12. The molecule has 4 saturated carbocycles. The van der Waals surface area contributed by atoms with Crippen LogP contribution in [0.4, 0.5) is 0 Å². The number of hydrogen-bond acceptors (Lipinski definition) is 23. The lowest BCUT2D eigenvalue weighted by molar-refractivity contribution is -0.406. The topological polar surface area (TPSA) is 355 Å². The third-order valence-corrected chi connectivity index (χ3v) is 20.4. The summed E-state index contributed by atoms with van der Waals surface area (Å²) in [5.41, 5.74) is 0.270. The molecular weight excluding hydrogens is 981 g/mol. The first kappa shape index (κ1) is 56.4. The zero-order valence-corrected chi connectivity index (χ0v) is 42.7. The molecule has 1 spiro atoms. The largest absolute Gasteiger partial charge is 0.394 e. The summed E-state index contributed by atoms with van der Waals surface area (Å²) in [6.45, 7) is 6.96. The molecule has 10 rings (SSSR count). The molecule has 10 aliphatic rings. The van der Waals surface area contributed by atoms with Gasteiger partial charge in [0.1, 0.15) is 97.7 Å². The molecule has 0 aromatic heterocycles. The third kappa shape index (κ3) is 9.56. The van der Waals surface area contributed by atoms with Crippen LogP contribution in [0.1, 0.15) is 91.9 Å². The molecule has 0 unspecified atom stereocenters. The van der Waals surface area contributed by atoms with E-state index in [-0.39, 0.29) is 23.0 Å². The summed E-state index contributed by atoms with van der Waals surface area (Å²) < 4.78 is 61.6. The molecule has 6 saturated heterocycles. The lowest BCUT2D eigenvalue weighted by atomic mass is 9.44. The van der Waals surface area contributed by atoms with Gasteiger partial charge in [-0.3, -0.25) is 0 Å². The minimum atomic E-state index is -2.03. The van der Waals surface area contributed by atoms with E-state index in [2.05, 4.69) is 27.7 Å². The summed E-state index contributed by atoms with van der Waals surface area (Å²) in [6.07, 6.45) is -25.9. The van der Waals surface area contributed by atoms with Crippen molar-refractivity contribution in [3.05, 3.63) is 0 Å². The number of ether oxygens (including phenoxy) is 10.